The molecule has 0 radical (unpaired) electrons. The molecule has 2 N–H and O–H groups in total. The maximum atomic E-state index is 4.65. The summed E-state index contributed by atoms with van der Waals surface area (Å²) in [5.41, 5.74) is 2.18. The van der Waals surface area contributed by atoms with Gasteiger partial charge in [0.15, 0.2) is 5.96 Å². The molecule has 2 aromatic rings. The number of aryl methyl sites for hydroxylation is 1. The number of rotatable bonds is 4. The van der Waals surface area contributed by atoms with E-state index in [1.165, 1.54) is 38.8 Å². The van der Waals surface area contributed by atoms with Crippen LogP contribution in [0.4, 0.5) is 0 Å². The molecule has 1 aliphatic carbocycles. The van der Waals surface area contributed by atoms with Crippen LogP contribution < -0.4 is 5.32 Å². The summed E-state index contributed by atoms with van der Waals surface area (Å²) in [7, 11) is 1.91. The van der Waals surface area contributed by atoms with E-state index in [-0.39, 0.29) is 0 Å². The van der Waals surface area contributed by atoms with Crippen molar-refractivity contribution in [3.63, 3.8) is 0 Å². The van der Waals surface area contributed by atoms with Gasteiger partial charge in [0.25, 0.3) is 0 Å². The fourth-order valence-electron chi connectivity index (χ4n) is 4.49. The van der Waals surface area contributed by atoms with Crippen molar-refractivity contribution in [2.24, 2.45) is 16.8 Å². The number of aliphatic imine (C=N–C) groups is 1. The first-order valence-corrected chi connectivity index (χ1v) is 9.72. The number of imidazole rings is 1. The third kappa shape index (κ3) is 3.65. The lowest BCUT2D eigenvalue weighted by Gasteiger charge is -2.22. The SMILES string of the molecule is CN=C(NCCCc1nc2ccccc2[nH]1)N1CC2CCCCC2C1. The van der Waals surface area contributed by atoms with Crippen LogP contribution in [0.15, 0.2) is 29.3 Å². The number of fused-ring (bicyclic) bond motifs is 2. The quantitative estimate of drug-likeness (QED) is 0.511. The van der Waals surface area contributed by atoms with E-state index in [0.717, 1.165) is 54.0 Å². The van der Waals surface area contributed by atoms with Gasteiger partial charge in [-0.05, 0) is 43.2 Å². The van der Waals surface area contributed by atoms with E-state index < -0.39 is 0 Å². The molecule has 2 unspecified atom stereocenters. The van der Waals surface area contributed by atoms with Crippen molar-refractivity contribution < 1.29 is 0 Å². The third-order valence-electron chi connectivity index (χ3n) is 5.80. The van der Waals surface area contributed by atoms with Gasteiger partial charge in [-0.25, -0.2) is 4.98 Å². The first kappa shape index (κ1) is 16.4. The zero-order valence-corrected chi connectivity index (χ0v) is 15.2. The molecule has 2 fully saturated rings. The van der Waals surface area contributed by atoms with Crippen molar-refractivity contribution in [1.82, 2.24) is 20.2 Å². The van der Waals surface area contributed by atoms with Crippen LogP contribution in [0.2, 0.25) is 0 Å². The number of aromatic nitrogens is 2. The fraction of sp³-hybridized carbons (Fsp3) is 0.600. The van der Waals surface area contributed by atoms with E-state index in [0.29, 0.717) is 0 Å². The Labute approximate surface area is 149 Å². The van der Waals surface area contributed by atoms with Gasteiger partial charge in [-0.15, -0.1) is 0 Å². The van der Waals surface area contributed by atoms with Gasteiger partial charge in [0.05, 0.1) is 11.0 Å². The largest absolute Gasteiger partial charge is 0.356 e. The Morgan fingerprint density at radius 2 is 2.00 bits per heavy atom. The highest BCUT2D eigenvalue weighted by Crippen LogP contribution is 2.35. The molecule has 0 bridgehead atoms. The van der Waals surface area contributed by atoms with Crippen molar-refractivity contribution in [3.05, 3.63) is 30.1 Å². The molecule has 1 aliphatic heterocycles. The Morgan fingerprint density at radius 1 is 1.24 bits per heavy atom. The zero-order chi connectivity index (χ0) is 17.1. The maximum Gasteiger partial charge on any atom is 0.193 e. The molecule has 1 aromatic heterocycles. The van der Waals surface area contributed by atoms with Gasteiger partial charge in [0, 0.05) is 33.1 Å². The molecule has 5 nitrogen and oxygen atoms in total. The molecule has 25 heavy (non-hydrogen) atoms. The minimum atomic E-state index is 0.892. The second-order valence-electron chi connectivity index (χ2n) is 7.49. The van der Waals surface area contributed by atoms with Gasteiger partial charge in [-0.2, -0.15) is 0 Å². The number of nitrogens with zero attached hydrogens (tertiary/aromatic N) is 3. The summed E-state index contributed by atoms with van der Waals surface area (Å²) in [4.78, 5) is 15.0. The molecule has 134 valence electrons. The average Bonchev–Trinajstić information content (AvgIpc) is 3.25. The summed E-state index contributed by atoms with van der Waals surface area (Å²) in [6.45, 7) is 3.32. The number of hydrogen-bond acceptors (Lipinski definition) is 2. The monoisotopic (exact) mass is 339 g/mol. The summed E-state index contributed by atoms with van der Waals surface area (Å²) >= 11 is 0. The number of likely N-dealkylation sites (tertiary alicyclic amines) is 1. The van der Waals surface area contributed by atoms with Crippen LogP contribution in [-0.2, 0) is 6.42 Å². The lowest BCUT2D eigenvalue weighted by molar-refractivity contribution is 0.299. The number of guanidine groups is 1. The summed E-state index contributed by atoms with van der Waals surface area (Å²) in [5.74, 6) is 3.94. The molecule has 1 saturated carbocycles. The van der Waals surface area contributed by atoms with Gasteiger partial charge in [-0.1, -0.05) is 25.0 Å². The standard InChI is InChI=1S/C20H29N5/c1-21-20(25-13-15-7-2-3-8-16(15)14-25)22-12-6-11-19-23-17-9-4-5-10-18(17)24-19/h4-5,9-10,15-16H,2-3,6-8,11-14H2,1H3,(H,21,22)(H,23,24). The molecule has 4 rings (SSSR count). The fourth-order valence-corrected chi connectivity index (χ4v) is 4.49. The highest BCUT2D eigenvalue weighted by molar-refractivity contribution is 5.80. The van der Waals surface area contributed by atoms with Gasteiger partial charge in [0.1, 0.15) is 5.82 Å². The van der Waals surface area contributed by atoms with Crippen LogP contribution in [0, 0.1) is 11.8 Å². The van der Waals surface area contributed by atoms with E-state index in [2.05, 4.69) is 37.3 Å². The molecule has 2 atom stereocenters. The summed E-state index contributed by atoms with van der Waals surface area (Å²) in [5, 5.41) is 3.56. The number of aromatic amines is 1. The average molecular weight is 339 g/mol. The third-order valence-corrected chi connectivity index (χ3v) is 5.80. The van der Waals surface area contributed by atoms with Crippen molar-refractivity contribution >= 4 is 17.0 Å². The topological polar surface area (TPSA) is 56.3 Å². The molecular formula is C20H29N5. The molecule has 1 aromatic carbocycles. The van der Waals surface area contributed by atoms with Gasteiger partial charge in [-0.3, -0.25) is 4.99 Å². The van der Waals surface area contributed by atoms with E-state index in [1.807, 2.05) is 19.2 Å². The lowest BCUT2D eigenvalue weighted by Crippen LogP contribution is -2.40. The van der Waals surface area contributed by atoms with Crippen LogP contribution >= 0.6 is 0 Å². The number of benzene rings is 1. The van der Waals surface area contributed by atoms with E-state index in [9.17, 15) is 0 Å². The molecule has 5 heteroatoms. The number of nitrogens with one attached hydrogen (secondary N) is 2. The van der Waals surface area contributed by atoms with Gasteiger partial charge >= 0.3 is 0 Å². The Hall–Kier alpha value is -2.04. The van der Waals surface area contributed by atoms with E-state index >= 15 is 0 Å². The molecule has 0 amide bonds. The van der Waals surface area contributed by atoms with Crippen molar-refractivity contribution in [2.45, 2.75) is 38.5 Å². The second kappa shape index (κ2) is 7.46. The Bertz CT molecular complexity index is 688. The minimum Gasteiger partial charge on any atom is -0.356 e. The van der Waals surface area contributed by atoms with Crippen molar-refractivity contribution in [1.29, 1.82) is 0 Å². The summed E-state index contributed by atoms with van der Waals surface area (Å²) in [6.07, 6.45) is 7.66. The van der Waals surface area contributed by atoms with E-state index in [1.54, 1.807) is 0 Å². The second-order valence-corrected chi connectivity index (χ2v) is 7.49. The first-order chi connectivity index (χ1) is 12.3. The van der Waals surface area contributed by atoms with Crippen molar-refractivity contribution in [3.8, 4) is 0 Å². The van der Waals surface area contributed by atoms with Crippen LogP contribution in [0.1, 0.15) is 37.9 Å². The van der Waals surface area contributed by atoms with E-state index in [4.69, 9.17) is 0 Å². The van der Waals surface area contributed by atoms with Crippen LogP contribution in [0.5, 0.6) is 0 Å². The van der Waals surface area contributed by atoms with Crippen molar-refractivity contribution in [2.75, 3.05) is 26.7 Å². The van der Waals surface area contributed by atoms with Gasteiger partial charge < -0.3 is 15.2 Å². The number of para-hydroxylation sites is 2. The normalized spacial score (nSPS) is 23.9. The summed E-state index contributed by atoms with van der Waals surface area (Å²) < 4.78 is 0. The number of H-pyrrole nitrogens is 1. The number of hydrogen-bond donors (Lipinski definition) is 2. The smallest absolute Gasteiger partial charge is 0.193 e. The van der Waals surface area contributed by atoms with Crippen LogP contribution in [-0.4, -0.2) is 47.5 Å². The Morgan fingerprint density at radius 3 is 2.72 bits per heavy atom. The minimum absolute atomic E-state index is 0.892. The predicted octanol–water partition coefficient (Wildman–Crippen LogP) is 3.19. The Kier molecular flexibility index (Phi) is 4.90. The molecule has 0 spiro atoms. The van der Waals surface area contributed by atoms with Crippen LogP contribution in [0.3, 0.4) is 0 Å². The lowest BCUT2D eigenvalue weighted by atomic mass is 9.82. The molecule has 2 aliphatic rings. The molecule has 1 saturated heterocycles. The highest BCUT2D eigenvalue weighted by atomic mass is 15.3. The Balaban J connectivity index is 1.25. The molecule has 2 heterocycles. The highest BCUT2D eigenvalue weighted by Gasteiger charge is 2.35. The predicted molar refractivity (Wildman–Crippen MR) is 103 cm³/mol. The molecular weight excluding hydrogens is 310 g/mol. The van der Waals surface area contributed by atoms with Crippen LogP contribution in [0.25, 0.3) is 11.0 Å². The zero-order valence-electron chi connectivity index (χ0n) is 15.2. The summed E-state index contributed by atoms with van der Waals surface area (Å²) in [6, 6.07) is 8.22. The first-order valence-electron chi connectivity index (χ1n) is 9.72. The van der Waals surface area contributed by atoms with Gasteiger partial charge in [0.2, 0.25) is 0 Å². The maximum absolute atomic E-state index is 4.65.